The van der Waals surface area contributed by atoms with Gasteiger partial charge < -0.3 is 5.32 Å². The minimum atomic E-state index is 0.774. The number of hydrogen-bond donors (Lipinski definition) is 1. The molecule has 0 heterocycles. The Bertz CT molecular complexity index is 363. The molecular formula is C17H27N. The third-order valence-corrected chi connectivity index (χ3v) is 4.24. The molecule has 1 fully saturated rings. The van der Waals surface area contributed by atoms with Gasteiger partial charge in [0.1, 0.15) is 0 Å². The fourth-order valence-corrected chi connectivity index (χ4v) is 3.44. The van der Waals surface area contributed by atoms with Crippen LogP contribution in [0.4, 0.5) is 0 Å². The summed E-state index contributed by atoms with van der Waals surface area (Å²) in [5.41, 5.74) is 4.41. The lowest BCUT2D eigenvalue weighted by Crippen LogP contribution is -2.29. The van der Waals surface area contributed by atoms with Gasteiger partial charge in [0.25, 0.3) is 0 Å². The first kappa shape index (κ1) is 13.6. The van der Waals surface area contributed by atoms with E-state index < -0.39 is 0 Å². The van der Waals surface area contributed by atoms with Crippen molar-refractivity contribution in [2.45, 2.75) is 52.4 Å². The summed E-state index contributed by atoms with van der Waals surface area (Å²) in [6, 6.07) is 7.09. The highest BCUT2D eigenvalue weighted by molar-refractivity contribution is 5.31. The summed E-state index contributed by atoms with van der Waals surface area (Å²) in [7, 11) is 0. The van der Waals surface area contributed by atoms with E-state index in [0.29, 0.717) is 0 Å². The molecule has 1 heteroatoms. The van der Waals surface area contributed by atoms with E-state index in [1.807, 2.05) is 0 Å². The summed E-state index contributed by atoms with van der Waals surface area (Å²) in [4.78, 5) is 0. The predicted molar refractivity (Wildman–Crippen MR) is 79.2 cm³/mol. The maximum Gasteiger partial charge on any atom is -0.00148 e. The minimum Gasteiger partial charge on any atom is -0.317 e. The number of nitrogens with one attached hydrogen (secondary N) is 1. The molecular weight excluding hydrogens is 218 g/mol. The van der Waals surface area contributed by atoms with Gasteiger partial charge in [-0.15, -0.1) is 0 Å². The van der Waals surface area contributed by atoms with E-state index in [0.717, 1.165) is 18.4 Å². The first-order valence-electron chi connectivity index (χ1n) is 7.49. The average molecular weight is 245 g/mol. The Hall–Kier alpha value is -0.820. The third kappa shape index (κ3) is 3.35. The molecule has 0 spiro atoms. The lowest BCUT2D eigenvalue weighted by Gasteiger charge is -2.32. The number of hydrogen-bond acceptors (Lipinski definition) is 1. The molecule has 0 aliphatic heterocycles. The molecule has 1 nitrogen and oxygen atoms in total. The first-order chi connectivity index (χ1) is 8.70. The topological polar surface area (TPSA) is 12.0 Å². The molecule has 1 saturated carbocycles. The zero-order chi connectivity index (χ0) is 13.0. The van der Waals surface area contributed by atoms with Crippen LogP contribution in [0.25, 0.3) is 0 Å². The standard InChI is InChI=1S/C17H27N/c1-4-18-12-15-7-5-6-8-17(15)16-10-13(2)9-14(3)11-16/h9-11,15,17-18H,4-8,12H2,1-3H3. The number of aryl methyl sites for hydroxylation is 2. The molecule has 1 aliphatic rings. The van der Waals surface area contributed by atoms with Gasteiger partial charge >= 0.3 is 0 Å². The zero-order valence-corrected chi connectivity index (χ0v) is 12.1. The molecule has 0 aromatic heterocycles. The Balaban J connectivity index is 2.16. The number of rotatable bonds is 4. The highest BCUT2D eigenvalue weighted by atomic mass is 14.8. The van der Waals surface area contributed by atoms with Crippen molar-refractivity contribution in [2.24, 2.45) is 5.92 Å². The van der Waals surface area contributed by atoms with Crippen LogP contribution in [0.5, 0.6) is 0 Å². The summed E-state index contributed by atoms with van der Waals surface area (Å²) in [5, 5.41) is 3.55. The molecule has 2 rings (SSSR count). The van der Waals surface area contributed by atoms with Gasteiger partial charge in [0.05, 0.1) is 0 Å². The molecule has 1 aromatic carbocycles. The van der Waals surface area contributed by atoms with E-state index in [9.17, 15) is 0 Å². The van der Waals surface area contributed by atoms with Crippen molar-refractivity contribution in [3.8, 4) is 0 Å². The van der Waals surface area contributed by atoms with Crippen LogP contribution in [-0.4, -0.2) is 13.1 Å². The second-order valence-electron chi connectivity index (χ2n) is 5.88. The van der Waals surface area contributed by atoms with Crippen molar-refractivity contribution in [3.05, 3.63) is 34.9 Å². The molecule has 0 amide bonds. The summed E-state index contributed by atoms with van der Waals surface area (Å²) >= 11 is 0. The molecule has 1 aliphatic carbocycles. The van der Waals surface area contributed by atoms with Crippen LogP contribution in [0, 0.1) is 19.8 Å². The summed E-state index contributed by atoms with van der Waals surface area (Å²) in [6.07, 6.45) is 5.58. The van der Waals surface area contributed by atoms with E-state index in [1.165, 1.54) is 43.4 Å². The van der Waals surface area contributed by atoms with Crippen molar-refractivity contribution in [2.75, 3.05) is 13.1 Å². The Morgan fingerprint density at radius 1 is 1.06 bits per heavy atom. The molecule has 0 radical (unpaired) electrons. The Morgan fingerprint density at radius 2 is 1.72 bits per heavy atom. The van der Waals surface area contributed by atoms with E-state index >= 15 is 0 Å². The quantitative estimate of drug-likeness (QED) is 0.839. The minimum absolute atomic E-state index is 0.774. The van der Waals surface area contributed by atoms with Crippen LogP contribution in [-0.2, 0) is 0 Å². The maximum atomic E-state index is 3.55. The van der Waals surface area contributed by atoms with Crippen molar-refractivity contribution in [3.63, 3.8) is 0 Å². The third-order valence-electron chi connectivity index (χ3n) is 4.24. The summed E-state index contributed by atoms with van der Waals surface area (Å²) in [6.45, 7) is 8.93. The normalized spacial score (nSPS) is 24.2. The van der Waals surface area contributed by atoms with Crippen LogP contribution in [0.2, 0.25) is 0 Å². The van der Waals surface area contributed by atoms with Gasteiger partial charge in [-0.2, -0.15) is 0 Å². The van der Waals surface area contributed by atoms with Gasteiger partial charge in [0.15, 0.2) is 0 Å². The molecule has 1 aromatic rings. The van der Waals surface area contributed by atoms with Gasteiger partial charge in [-0.1, -0.05) is 49.1 Å². The summed E-state index contributed by atoms with van der Waals surface area (Å²) < 4.78 is 0. The fourth-order valence-electron chi connectivity index (χ4n) is 3.44. The number of benzene rings is 1. The SMILES string of the molecule is CCNCC1CCCCC1c1cc(C)cc(C)c1. The fraction of sp³-hybridized carbons (Fsp3) is 0.647. The highest BCUT2D eigenvalue weighted by Crippen LogP contribution is 2.38. The highest BCUT2D eigenvalue weighted by Gasteiger charge is 2.26. The van der Waals surface area contributed by atoms with Gasteiger partial charge in [-0.3, -0.25) is 0 Å². The first-order valence-corrected chi connectivity index (χ1v) is 7.49. The van der Waals surface area contributed by atoms with Crippen LogP contribution >= 0.6 is 0 Å². The largest absolute Gasteiger partial charge is 0.317 e. The zero-order valence-electron chi connectivity index (χ0n) is 12.1. The molecule has 100 valence electrons. The second kappa shape index (κ2) is 6.38. The molecule has 0 bridgehead atoms. The van der Waals surface area contributed by atoms with Crippen molar-refractivity contribution < 1.29 is 0 Å². The van der Waals surface area contributed by atoms with Gasteiger partial charge in [0.2, 0.25) is 0 Å². The van der Waals surface area contributed by atoms with Gasteiger partial charge in [0, 0.05) is 0 Å². The Morgan fingerprint density at radius 3 is 2.39 bits per heavy atom. The average Bonchev–Trinajstić information content (AvgIpc) is 2.35. The predicted octanol–water partition coefficient (Wildman–Crippen LogP) is 4.19. The molecule has 0 saturated heterocycles. The Kier molecular flexibility index (Phi) is 4.82. The van der Waals surface area contributed by atoms with Gasteiger partial charge in [-0.25, -0.2) is 0 Å². The maximum absolute atomic E-state index is 3.55. The van der Waals surface area contributed by atoms with E-state index in [-0.39, 0.29) is 0 Å². The molecule has 2 unspecified atom stereocenters. The molecule has 1 N–H and O–H groups in total. The van der Waals surface area contributed by atoms with E-state index in [1.54, 1.807) is 5.56 Å². The van der Waals surface area contributed by atoms with Gasteiger partial charge in [-0.05, 0) is 57.2 Å². The Labute approximate surface area is 112 Å². The molecule has 2 atom stereocenters. The van der Waals surface area contributed by atoms with Crippen LogP contribution in [0.3, 0.4) is 0 Å². The molecule has 18 heavy (non-hydrogen) atoms. The van der Waals surface area contributed by atoms with Crippen molar-refractivity contribution >= 4 is 0 Å². The lowest BCUT2D eigenvalue weighted by atomic mass is 9.75. The monoisotopic (exact) mass is 245 g/mol. The van der Waals surface area contributed by atoms with Crippen LogP contribution < -0.4 is 5.32 Å². The van der Waals surface area contributed by atoms with Crippen LogP contribution in [0.15, 0.2) is 18.2 Å². The van der Waals surface area contributed by atoms with Crippen molar-refractivity contribution in [1.29, 1.82) is 0 Å². The lowest BCUT2D eigenvalue weighted by molar-refractivity contribution is 0.297. The van der Waals surface area contributed by atoms with Crippen molar-refractivity contribution in [1.82, 2.24) is 5.32 Å². The smallest absolute Gasteiger partial charge is 0.00148 e. The second-order valence-corrected chi connectivity index (χ2v) is 5.88. The van der Waals surface area contributed by atoms with Crippen LogP contribution in [0.1, 0.15) is 55.2 Å². The van der Waals surface area contributed by atoms with E-state index in [2.05, 4.69) is 44.3 Å². The summed E-state index contributed by atoms with van der Waals surface area (Å²) in [5.74, 6) is 1.61. The van der Waals surface area contributed by atoms with E-state index in [4.69, 9.17) is 0 Å².